The largest absolute Gasteiger partial charge is 0.548 e. The van der Waals surface area contributed by atoms with Crippen molar-refractivity contribution in [3.8, 4) is 0 Å². The van der Waals surface area contributed by atoms with Crippen molar-refractivity contribution in [1.82, 2.24) is 9.13 Å². The molecule has 0 bridgehead atoms. The second-order valence-electron chi connectivity index (χ2n) is 5.59. The van der Waals surface area contributed by atoms with E-state index in [2.05, 4.69) is 0 Å². The molecule has 2 aromatic heterocycles. The number of hydrogen-bond acceptors (Lipinski definition) is 5. The first-order valence-corrected chi connectivity index (χ1v) is 8.34. The number of aromatic nitrogens is 2. The molecular formula is C15H17N2O4S-. The van der Waals surface area contributed by atoms with Crippen molar-refractivity contribution in [3.05, 3.63) is 31.3 Å². The smallest absolute Gasteiger partial charge is 0.332 e. The summed E-state index contributed by atoms with van der Waals surface area (Å²) in [5, 5.41) is 11.4. The predicted octanol–water partition coefficient (Wildman–Crippen LogP) is 0.263. The van der Waals surface area contributed by atoms with Crippen molar-refractivity contribution < 1.29 is 9.90 Å². The highest BCUT2D eigenvalue weighted by atomic mass is 32.1. The van der Waals surface area contributed by atoms with E-state index in [0.29, 0.717) is 16.8 Å². The SMILES string of the molecule is CCCn1c(=O)n(CC(=O)[O-])c(=O)c2c3c(sc21)CCCC3. The molecule has 7 heteroatoms. The molecule has 3 rings (SSSR count). The van der Waals surface area contributed by atoms with Crippen molar-refractivity contribution in [3.63, 3.8) is 0 Å². The Morgan fingerprint density at radius 2 is 1.95 bits per heavy atom. The van der Waals surface area contributed by atoms with E-state index in [1.807, 2.05) is 6.92 Å². The zero-order valence-corrected chi connectivity index (χ0v) is 13.2. The van der Waals surface area contributed by atoms with Gasteiger partial charge < -0.3 is 9.90 Å². The quantitative estimate of drug-likeness (QED) is 0.809. The minimum Gasteiger partial charge on any atom is -0.548 e. The summed E-state index contributed by atoms with van der Waals surface area (Å²) in [7, 11) is 0. The molecule has 0 aromatic carbocycles. The molecule has 0 N–H and O–H groups in total. The number of carboxylic acid groups (broad SMARTS) is 1. The van der Waals surface area contributed by atoms with E-state index < -0.39 is 23.8 Å². The lowest BCUT2D eigenvalue weighted by atomic mass is 9.97. The molecule has 0 saturated carbocycles. The number of fused-ring (bicyclic) bond motifs is 3. The van der Waals surface area contributed by atoms with Crippen LogP contribution < -0.4 is 16.4 Å². The van der Waals surface area contributed by atoms with Crippen LogP contribution >= 0.6 is 11.3 Å². The van der Waals surface area contributed by atoms with Crippen molar-refractivity contribution in [2.45, 2.75) is 52.1 Å². The Labute approximate surface area is 130 Å². The average Bonchev–Trinajstić information content (AvgIpc) is 2.87. The van der Waals surface area contributed by atoms with Gasteiger partial charge in [-0.15, -0.1) is 11.3 Å². The first-order valence-electron chi connectivity index (χ1n) is 7.52. The van der Waals surface area contributed by atoms with Gasteiger partial charge in [0.25, 0.3) is 5.56 Å². The Morgan fingerprint density at radius 3 is 2.64 bits per heavy atom. The van der Waals surface area contributed by atoms with Crippen LogP contribution in [0.3, 0.4) is 0 Å². The molecular weight excluding hydrogens is 304 g/mol. The second-order valence-corrected chi connectivity index (χ2v) is 6.67. The molecule has 0 atom stereocenters. The third-order valence-corrected chi connectivity index (χ3v) is 5.37. The molecule has 0 unspecified atom stereocenters. The van der Waals surface area contributed by atoms with Gasteiger partial charge in [-0.2, -0.15) is 0 Å². The molecule has 0 radical (unpaired) electrons. The average molecular weight is 321 g/mol. The van der Waals surface area contributed by atoms with Gasteiger partial charge in [0.1, 0.15) is 4.83 Å². The fraction of sp³-hybridized carbons (Fsp3) is 0.533. The number of carbonyl (C=O) groups is 1. The van der Waals surface area contributed by atoms with Gasteiger partial charge in [-0.1, -0.05) is 6.92 Å². The highest BCUT2D eigenvalue weighted by molar-refractivity contribution is 7.18. The van der Waals surface area contributed by atoms with Crippen LogP contribution in [0.2, 0.25) is 0 Å². The molecule has 1 aliphatic rings. The lowest BCUT2D eigenvalue weighted by Gasteiger charge is -2.13. The normalized spacial score (nSPS) is 14.2. The Morgan fingerprint density at radius 1 is 1.23 bits per heavy atom. The van der Waals surface area contributed by atoms with Crippen LogP contribution in [0.1, 0.15) is 36.6 Å². The van der Waals surface area contributed by atoms with Gasteiger partial charge in [-0.05, 0) is 37.7 Å². The molecule has 0 saturated heterocycles. The predicted molar refractivity (Wildman–Crippen MR) is 82.3 cm³/mol. The van der Waals surface area contributed by atoms with Crippen LogP contribution in [0.15, 0.2) is 9.59 Å². The molecule has 118 valence electrons. The minimum atomic E-state index is -1.43. The molecule has 2 heterocycles. The summed E-state index contributed by atoms with van der Waals surface area (Å²) in [5.74, 6) is -1.43. The Kier molecular flexibility index (Phi) is 3.90. The van der Waals surface area contributed by atoms with E-state index in [4.69, 9.17) is 0 Å². The summed E-state index contributed by atoms with van der Waals surface area (Å²) in [6.07, 6.45) is 4.59. The van der Waals surface area contributed by atoms with Crippen LogP contribution in [-0.4, -0.2) is 15.1 Å². The summed E-state index contributed by atoms with van der Waals surface area (Å²) < 4.78 is 2.34. The zero-order chi connectivity index (χ0) is 15.9. The van der Waals surface area contributed by atoms with Gasteiger partial charge in [0.2, 0.25) is 0 Å². The van der Waals surface area contributed by atoms with E-state index in [1.54, 1.807) is 4.57 Å². The number of carboxylic acids is 1. The molecule has 0 fully saturated rings. The number of carbonyl (C=O) groups excluding carboxylic acids is 1. The van der Waals surface area contributed by atoms with Gasteiger partial charge in [0, 0.05) is 11.4 Å². The highest BCUT2D eigenvalue weighted by Gasteiger charge is 2.23. The van der Waals surface area contributed by atoms with E-state index in [0.717, 1.165) is 47.1 Å². The first-order chi connectivity index (χ1) is 10.5. The molecule has 1 aliphatic carbocycles. The molecule has 0 spiro atoms. The van der Waals surface area contributed by atoms with Crippen LogP contribution in [0.5, 0.6) is 0 Å². The third-order valence-electron chi connectivity index (χ3n) is 4.05. The summed E-state index contributed by atoms with van der Waals surface area (Å²) in [5.41, 5.74) is -0.0358. The standard InChI is InChI=1S/C15H18N2O4S/c1-2-7-16-14-12(9-5-3-4-6-10(9)22-14)13(20)17(15(16)21)8-11(18)19/h2-8H2,1H3,(H,18,19)/p-1. The van der Waals surface area contributed by atoms with E-state index in [-0.39, 0.29) is 0 Å². The number of thiophene rings is 1. The Balaban J connectivity index is 2.39. The summed E-state index contributed by atoms with van der Waals surface area (Å²) in [6.45, 7) is 1.73. The fourth-order valence-corrected chi connectivity index (χ4v) is 4.51. The summed E-state index contributed by atoms with van der Waals surface area (Å²) >= 11 is 1.51. The van der Waals surface area contributed by atoms with Crippen LogP contribution in [0, 0.1) is 0 Å². The van der Waals surface area contributed by atoms with Gasteiger partial charge in [0.15, 0.2) is 0 Å². The van der Waals surface area contributed by atoms with Crippen LogP contribution in [0.25, 0.3) is 10.2 Å². The number of rotatable bonds is 4. The van der Waals surface area contributed by atoms with Gasteiger partial charge in [-0.3, -0.25) is 13.9 Å². The monoisotopic (exact) mass is 321 g/mol. The molecule has 0 aliphatic heterocycles. The Bertz CT molecular complexity index is 859. The highest BCUT2D eigenvalue weighted by Crippen LogP contribution is 2.34. The summed E-state index contributed by atoms with van der Waals surface area (Å²) in [4.78, 5) is 37.9. The topological polar surface area (TPSA) is 84.1 Å². The molecule has 0 amide bonds. The number of aryl methyl sites for hydroxylation is 3. The van der Waals surface area contributed by atoms with Crippen molar-refractivity contribution in [2.24, 2.45) is 0 Å². The van der Waals surface area contributed by atoms with Gasteiger partial charge in [0.05, 0.1) is 17.9 Å². The van der Waals surface area contributed by atoms with E-state index in [9.17, 15) is 19.5 Å². The fourth-order valence-electron chi connectivity index (χ4n) is 3.11. The lowest BCUT2D eigenvalue weighted by molar-refractivity contribution is -0.306. The zero-order valence-electron chi connectivity index (χ0n) is 12.4. The van der Waals surface area contributed by atoms with Crippen molar-refractivity contribution >= 4 is 27.5 Å². The van der Waals surface area contributed by atoms with Crippen LogP contribution in [0.4, 0.5) is 0 Å². The number of aliphatic carboxylic acids is 1. The van der Waals surface area contributed by atoms with Gasteiger partial charge >= 0.3 is 5.69 Å². The maximum Gasteiger partial charge on any atom is 0.332 e. The van der Waals surface area contributed by atoms with Crippen LogP contribution in [-0.2, 0) is 30.7 Å². The maximum absolute atomic E-state index is 12.6. The molecule has 2 aromatic rings. The van der Waals surface area contributed by atoms with E-state index >= 15 is 0 Å². The first kappa shape index (κ1) is 15.0. The molecule has 22 heavy (non-hydrogen) atoms. The number of nitrogens with zero attached hydrogens (tertiary/aromatic N) is 2. The lowest BCUT2D eigenvalue weighted by Crippen LogP contribution is -2.44. The number of hydrogen-bond donors (Lipinski definition) is 0. The third kappa shape index (κ3) is 2.29. The second kappa shape index (κ2) is 5.72. The van der Waals surface area contributed by atoms with Gasteiger partial charge in [-0.25, -0.2) is 4.79 Å². The summed E-state index contributed by atoms with van der Waals surface area (Å²) in [6, 6.07) is 0. The minimum absolute atomic E-state index is 0.474. The maximum atomic E-state index is 12.6. The Hall–Kier alpha value is -1.89. The van der Waals surface area contributed by atoms with Crippen molar-refractivity contribution in [2.75, 3.05) is 0 Å². The van der Waals surface area contributed by atoms with Crippen molar-refractivity contribution in [1.29, 1.82) is 0 Å². The molecule has 6 nitrogen and oxygen atoms in total. The van der Waals surface area contributed by atoms with E-state index in [1.165, 1.54) is 11.3 Å².